The third-order valence-electron chi connectivity index (χ3n) is 2.42. The van der Waals surface area contributed by atoms with E-state index in [9.17, 15) is 4.79 Å². The van der Waals surface area contributed by atoms with Gasteiger partial charge in [-0.3, -0.25) is 4.79 Å². The van der Waals surface area contributed by atoms with Gasteiger partial charge in [-0.1, -0.05) is 30.7 Å². The van der Waals surface area contributed by atoms with Crippen LogP contribution in [0.2, 0.25) is 5.02 Å². The van der Waals surface area contributed by atoms with Crippen LogP contribution in [0.25, 0.3) is 0 Å². The summed E-state index contributed by atoms with van der Waals surface area (Å²) in [5.74, 6) is 0.261. The van der Waals surface area contributed by atoms with E-state index in [1.807, 2.05) is 25.1 Å². The van der Waals surface area contributed by atoms with E-state index >= 15 is 0 Å². The Hall–Kier alpha value is -0.860. The first-order chi connectivity index (χ1) is 7.13. The zero-order valence-electron chi connectivity index (χ0n) is 8.87. The van der Waals surface area contributed by atoms with Gasteiger partial charge in [0.25, 0.3) is 0 Å². The Balaban J connectivity index is 2.58. The number of halogens is 1. The molecule has 2 N–H and O–H groups in total. The molecule has 1 rings (SSSR count). The number of rotatable bonds is 5. The van der Waals surface area contributed by atoms with Crippen molar-refractivity contribution in [2.24, 2.45) is 11.7 Å². The molecule has 0 aromatic heterocycles. The smallest absolute Gasteiger partial charge is 0.140 e. The van der Waals surface area contributed by atoms with E-state index in [1.165, 1.54) is 0 Å². The zero-order chi connectivity index (χ0) is 11.3. The van der Waals surface area contributed by atoms with Gasteiger partial charge in [0.1, 0.15) is 5.78 Å². The minimum absolute atomic E-state index is 0.0361. The van der Waals surface area contributed by atoms with Crippen molar-refractivity contribution in [1.82, 2.24) is 0 Å². The largest absolute Gasteiger partial charge is 0.330 e. The van der Waals surface area contributed by atoms with Gasteiger partial charge in [0.05, 0.1) is 0 Å². The van der Waals surface area contributed by atoms with Crippen molar-refractivity contribution in [3.8, 4) is 0 Å². The normalized spacial score (nSPS) is 12.5. The van der Waals surface area contributed by atoms with Gasteiger partial charge in [0, 0.05) is 17.4 Å². The summed E-state index contributed by atoms with van der Waals surface area (Å²) in [5.41, 5.74) is 6.38. The quantitative estimate of drug-likeness (QED) is 0.837. The highest BCUT2D eigenvalue weighted by Gasteiger charge is 2.12. The summed E-state index contributed by atoms with van der Waals surface area (Å²) in [6.07, 6.45) is 1.20. The molecule has 0 aliphatic heterocycles. The Kier molecular flexibility index (Phi) is 4.79. The van der Waals surface area contributed by atoms with Crippen LogP contribution >= 0.6 is 11.6 Å². The number of Topliss-reactive ketones (excluding diaryl/α,β-unsaturated/α-hetero) is 1. The average molecular weight is 226 g/mol. The number of hydrogen-bond acceptors (Lipinski definition) is 2. The van der Waals surface area contributed by atoms with Crippen LogP contribution in [-0.4, -0.2) is 12.3 Å². The van der Waals surface area contributed by atoms with Crippen molar-refractivity contribution in [2.75, 3.05) is 6.54 Å². The lowest BCUT2D eigenvalue weighted by atomic mass is 9.97. The van der Waals surface area contributed by atoms with E-state index in [2.05, 4.69) is 0 Å². The van der Waals surface area contributed by atoms with Gasteiger partial charge in [-0.2, -0.15) is 0 Å². The predicted octanol–water partition coefficient (Wildman–Crippen LogP) is 2.44. The molecule has 0 aliphatic carbocycles. The van der Waals surface area contributed by atoms with E-state index in [1.54, 1.807) is 6.07 Å². The van der Waals surface area contributed by atoms with Crippen molar-refractivity contribution < 1.29 is 4.79 Å². The number of carbonyl (C=O) groups excluding carboxylic acids is 1. The van der Waals surface area contributed by atoms with Crippen LogP contribution in [0.5, 0.6) is 0 Å². The molecule has 82 valence electrons. The standard InChI is InChI=1S/C12H16ClNO/c1-9(5-6-14)12(15)8-10-3-2-4-11(13)7-10/h2-4,7,9H,5-6,8,14H2,1H3. The molecule has 0 radical (unpaired) electrons. The molecule has 1 aromatic rings. The first kappa shape index (κ1) is 12.2. The van der Waals surface area contributed by atoms with E-state index in [0.29, 0.717) is 18.0 Å². The third kappa shape index (κ3) is 4.02. The van der Waals surface area contributed by atoms with Gasteiger partial charge in [-0.05, 0) is 30.7 Å². The lowest BCUT2D eigenvalue weighted by Gasteiger charge is -2.08. The topological polar surface area (TPSA) is 43.1 Å². The summed E-state index contributed by atoms with van der Waals surface area (Å²) in [5, 5.41) is 0.673. The fraction of sp³-hybridized carbons (Fsp3) is 0.417. The molecule has 3 heteroatoms. The fourth-order valence-electron chi connectivity index (χ4n) is 1.43. The molecule has 0 amide bonds. The van der Waals surface area contributed by atoms with Gasteiger partial charge >= 0.3 is 0 Å². The molecule has 1 unspecified atom stereocenters. The Labute approximate surface area is 95.4 Å². The van der Waals surface area contributed by atoms with E-state index in [0.717, 1.165) is 12.0 Å². The summed E-state index contributed by atoms with van der Waals surface area (Å²) in [4.78, 5) is 11.7. The highest BCUT2D eigenvalue weighted by atomic mass is 35.5. The number of nitrogens with two attached hydrogens (primary N) is 1. The van der Waals surface area contributed by atoms with Gasteiger partial charge < -0.3 is 5.73 Å². The van der Waals surface area contributed by atoms with Crippen LogP contribution in [-0.2, 0) is 11.2 Å². The maximum atomic E-state index is 11.7. The fourth-order valence-corrected chi connectivity index (χ4v) is 1.65. The lowest BCUT2D eigenvalue weighted by molar-refractivity contribution is -0.121. The molecule has 0 aliphatic rings. The molecule has 0 fully saturated rings. The monoisotopic (exact) mass is 225 g/mol. The molecule has 0 bridgehead atoms. The number of ketones is 1. The molecule has 15 heavy (non-hydrogen) atoms. The van der Waals surface area contributed by atoms with Gasteiger partial charge in [0.15, 0.2) is 0 Å². The van der Waals surface area contributed by atoms with Crippen LogP contribution in [0.3, 0.4) is 0 Å². The second-order valence-corrected chi connectivity index (χ2v) is 4.19. The highest BCUT2D eigenvalue weighted by molar-refractivity contribution is 6.30. The van der Waals surface area contributed by atoms with E-state index in [-0.39, 0.29) is 11.7 Å². The second-order valence-electron chi connectivity index (χ2n) is 3.75. The van der Waals surface area contributed by atoms with Crippen molar-refractivity contribution >= 4 is 17.4 Å². The van der Waals surface area contributed by atoms with E-state index in [4.69, 9.17) is 17.3 Å². The van der Waals surface area contributed by atoms with Crippen molar-refractivity contribution in [2.45, 2.75) is 19.8 Å². The van der Waals surface area contributed by atoms with Crippen LogP contribution in [0.4, 0.5) is 0 Å². The Bertz CT molecular complexity index is 338. The maximum absolute atomic E-state index is 11.7. The molecule has 2 nitrogen and oxygen atoms in total. The van der Waals surface area contributed by atoms with Crippen LogP contribution < -0.4 is 5.73 Å². The van der Waals surface area contributed by atoms with Crippen LogP contribution in [0.15, 0.2) is 24.3 Å². The van der Waals surface area contributed by atoms with Crippen molar-refractivity contribution in [3.05, 3.63) is 34.9 Å². The molecular weight excluding hydrogens is 210 g/mol. The summed E-state index contributed by atoms with van der Waals surface area (Å²) < 4.78 is 0. The molecule has 0 spiro atoms. The Morgan fingerprint density at radius 1 is 1.53 bits per heavy atom. The van der Waals surface area contributed by atoms with Gasteiger partial charge in [-0.25, -0.2) is 0 Å². The summed E-state index contributed by atoms with van der Waals surface area (Å²) in [7, 11) is 0. The molecule has 0 saturated carbocycles. The Morgan fingerprint density at radius 3 is 2.87 bits per heavy atom. The number of benzene rings is 1. The minimum Gasteiger partial charge on any atom is -0.330 e. The predicted molar refractivity (Wildman–Crippen MR) is 63.0 cm³/mol. The van der Waals surface area contributed by atoms with Crippen molar-refractivity contribution in [1.29, 1.82) is 0 Å². The van der Waals surface area contributed by atoms with Crippen LogP contribution in [0, 0.1) is 5.92 Å². The van der Waals surface area contributed by atoms with E-state index < -0.39 is 0 Å². The Morgan fingerprint density at radius 2 is 2.27 bits per heavy atom. The molecule has 1 aromatic carbocycles. The molecular formula is C12H16ClNO. The number of hydrogen-bond donors (Lipinski definition) is 1. The minimum atomic E-state index is 0.0361. The first-order valence-electron chi connectivity index (χ1n) is 5.10. The summed E-state index contributed by atoms with van der Waals surface area (Å²) in [6, 6.07) is 7.41. The van der Waals surface area contributed by atoms with Crippen LogP contribution in [0.1, 0.15) is 18.9 Å². The number of carbonyl (C=O) groups is 1. The molecule has 0 saturated heterocycles. The summed E-state index contributed by atoms with van der Waals surface area (Å²) >= 11 is 5.84. The lowest BCUT2D eigenvalue weighted by Crippen LogP contribution is -2.17. The summed E-state index contributed by atoms with van der Waals surface area (Å²) in [6.45, 7) is 2.47. The SMILES string of the molecule is CC(CCN)C(=O)Cc1cccc(Cl)c1. The van der Waals surface area contributed by atoms with Gasteiger partial charge in [-0.15, -0.1) is 0 Å². The van der Waals surface area contributed by atoms with Crippen molar-refractivity contribution in [3.63, 3.8) is 0 Å². The highest BCUT2D eigenvalue weighted by Crippen LogP contribution is 2.13. The average Bonchev–Trinajstić information content (AvgIpc) is 2.18. The van der Waals surface area contributed by atoms with Gasteiger partial charge in [0.2, 0.25) is 0 Å². The second kappa shape index (κ2) is 5.89. The maximum Gasteiger partial charge on any atom is 0.140 e. The third-order valence-corrected chi connectivity index (χ3v) is 2.65. The molecule has 0 heterocycles. The zero-order valence-corrected chi connectivity index (χ0v) is 9.63. The first-order valence-corrected chi connectivity index (χ1v) is 5.48. The molecule has 1 atom stereocenters.